The summed E-state index contributed by atoms with van der Waals surface area (Å²) in [6.07, 6.45) is 0.317. The molecule has 0 radical (unpaired) electrons. The molecule has 98 valence electrons. The van der Waals surface area contributed by atoms with Gasteiger partial charge in [-0.25, -0.2) is 0 Å². The second kappa shape index (κ2) is 6.39. The Morgan fingerprint density at radius 2 is 2.22 bits per heavy atom. The summed E-state index contributed by atoms with van der Waals surface area (Å²) >= 11 is 1.50. The van der Waals surface area contributed by atoms with Gasteiger partial charge < -0.3 is 4.74 Å². The smallest absolute Gasteiger partial charge is 0.306 e. The van der Waals surface area contributed by atoms with Gasteiger partial charge >= 0.3 is 5.97 Å². The van der Waals surface area contributed by atoms with Gasteiger partial charge in [0.1, 0.15) is 0 Å². The molecule has 1 rings (SSSR count). The number of nitro benzene ring substituents is 1. The Morgan fingerprint density at radius 1 is 1.56 bits per heavy atom. The number of thioether (sulfide) groups is 1. The molecule has 1 atom stereocenters. The zero-order chi connectivity index (χ0) is 13.7. The molecule has 0 heterocycles. The molecule has 1 unspecified atom stereocenters. The Bertz CT molecular complexity index is 461. The molecule has 18 heavy (non-hydrogen) atoms. The molecule has 0 aliphatic heterocycles. The first kappa shape index (κ1) is 14.5. The van der Waals surface area contributed by atoms with E-state index in [1.807, 2.05) is 6.92 Å². The summed E-state index contributed by atoms with van der Waals surface area (Å²) in [4.78, 5) is 22.3. The van der Waals surface area contributed by atoms with Gasteiger partial charge in [0.25, 0.3) is 5.69 Å². The summed E-state index contributed by atoms with van der Waals surface area (Å²) in [5.41, 5.74) is 0.732. The molecule has 1 aromatic carbocycles. The number of carbonyl (C=O) groups is 1. The van der Waals surface area contributed by atoms with E-state index >= 15 is 0 Å². The zero-order valence-corrected chi connectivity index (χ0v) is 11.3. The fourth-order valence-electron chi connectivity index (χ4n) is 1.50. The fraction of sp³-hybridized carbons (Fsp3) is 0.417. The van der Waals surface area contributed by atoms with E-state index in [9.17, 15) is 14.9 Å². The maximum atomic E-state index is 11.1. The van der Waals surface area contributed by atoms with Crippen molar-refractivity contribution in [1.82, 2.24) is 0 Å². The minimum Gasteiger partial charge on any atom is -0.469 e. The number of esters is 1. The number of nitro groups is 1. The van der Waals surface area contributed by atoms with Gasteiger partial charge in [0.15, 0.2) is 0 Å². The van der Waals surface area contributed by atoms with Crippen LogP contribution in [0.1, 0.15) is 18.9 Å². The Hall–Kier alpha value is -1.56. The molecule has 0 bridgehead atoms. The molecular formula is C12H15NO4S. The van der Waals surface area contributed by atoms with Gasteiger partial charge in [0.05, 0.1) is 18.5 Å². The maximum absolute atomic E-state index is 11.1. The highest BCUT2D eigenvalue weighted by molar-refractivity contribution is 8.00. The largest absolute Gasteiger partial charge is 0.469 e. The molecule has 5 nitrogen and oxygen atoms in total. The number of rotatable bonds is 5. The molecule has 0 aromatic heterocycles. The van der Waals surface area contributed by atoms with Crippen LogP contribution in [0.15, 0.2) is 23.1 Å². The standard InChI is InChI=1S/C12H15NO4S/c1-8-6-10(4-5-11(8)13(15)16)18-9(2)7-12(14)17-3/h4-6,9H,7H2,1-3H3. The number of nitrogens with zero attached hydrogens (tertiary/aromatic N) is 1. The van der Waals surface area contributed by atoms with Crippen molar-refractivity contribution in [3.05, 3.63) is 33.9 Å². The van der Waals surface area contributed by atoms with Gasteiger partial charge in [-0.2, -0.15) is 0 Å². The van der Waals surface area contributed by atoms with Gasteiger partial charge in [-0.3, -0.25) is 14.9 Å². The third-order valence-corrected chi connectivity index (χ3v) is 3.48. The summed E-state index contributed by atoms with van der Waals surface area (Å²) < 4.78 is 4.59. The number of aryl methyl sites for hydroxylation is 1. The molecule has 0 aliphatic rings. The van der Waals surface area contributed by atoms with Gasteiger partial charge in [0.2, 0.25) is 0 Å². The molecule has 1 aromatic rings. The van der Waals surface area contributed by atoms with Crippen LogP contribution in [0, 0.1) is 17.0 Å². The molecule has 0 spiro atoms. The molecule has 0 saturated heterocycles. The lowest BCUT2D eigenvalue weighted by Gasteiger charge is -2.10. The highest BCUT2D eigenvalue weighted by Crippen LogP contribution is 2.29. The third kappa shape index (κ3) is 4.03. The van der Waals surface area contributed by atoms with Crippen LogP contribution in [0.4, 0.5) is 5.69 Å². The van der Waals surface area contributed by atoms with Gasteiger partial charge in [0, 0.05) is 21.8 Å². The lowest BCUT2D eigenvalue weighted by Crippen LogP contribution is -2.08. The van der Waals surface area contributed by atoms with E-state index < -0.39 is 4.92 Å². The second-order valence-corrected chi connectivity index (χ2v) is 5.43. The van der Waals surface area contributed by atoms with Gasteiger partial charge in [-0.1, -0.05) is 6.92 Å². The zero-order valence-electron chi connectivity index (χ0n) is 10.5. The molecular weight excluding hydrogens is 254 g/mol. The number of benzene rings is 1. The average Bonchev–Trinajstić information content (AvgIpc) is 2.28. The van der Waals surface area contributed by atoms with E-state index in [-0.39, 0.29) is 16.9 Å². The van der Waals surface area contributed by atoms with Crippen molar-refractivity contribution >= 4 is 23.4 Å². The van der Waals surface area contributed by atoms with E-state index in [4.69, 9.17) is 0 Å². The van der Waals surface area contributed by atoms with Crippen molar-refractivity contribution in [2.45, 2.75) is 30.4 Å². The van der Waals surface area contributed by atoms with Crippen LogP contribution in [0.5, 0.6) is 0 Å². The Balaban J connectivity index is 2.71. The fourth-order valence-corrected chi connectivity index (χ4v) is 2.57. The van der Waals surface area contributed by atoms with Crippen molar-refractivity contribution in [3.8, 4) is 0 Å². The van der Waals surface area contributed by atoms with Crippen LogP contribution in [-0.4, -0.2) is 23.3 Å². The lowest BCUT2D eigenvalue weighted by atomic mass is 10.2. The van der Waals surface area contributed by atoms with E-state index in [0.717, 1.165) is 4.90 Å². The van der Waals surface area contributed by atoms with Crippen LogP contribution in [0.25, 0.3) is 0 Å². The van der Waals surface area contributed by atoms with E-state index in [1.165, 1.54) is 24.9 Å². The van der Waals surface area contributed by atoms with E-state index in [2.05, 4.69) is 4.74 Å². The van der Waals surface area contributed by atoms with Gasteiger partial charge in [-0.15, -0.1) is 11.8 Å². The quantitative estimate of drug-likeness (QED) is 0.356. The molecule has 0 aliphatic carbocycles. The first-order valence-corrected chi connectivity index (χ1v) is 6.30. The lowest BCUT2D eigenvalue weighted by molar-refractivity contribution is -0.385. The maximum Gasteiger partial charge on any atom is 0.306 e. The van der Waals surface area contributed by atoms with Crippen LogP contribution in [0.2, 0.25) is 0 Å². The number of ether oxygens (including phenoxy) is 1. The molecule has 6 heteroatoms. The average molecular weight is 269 g/mol. The normalized spacial score (nSPS) is 11.9. The first-order valence-electron chi connectivity index (χ1n) is 5.42. The van der Waals surface area contributed by atoms with Crippen LogP contribution in [0.3, 0.4) is 0 Å². The van der Waals surface area contributed by atoms with Crippen molar-refractivity contribution in [2.24, 2.45) is 0 Å². The molecule has 0 amide bonds. The topological polar surface area (TPSA) is 69.4 Å². The number of methoxy groups -OCH3 is 1. The van der Waals surface area contributed by atoms with Crippen molar-refractivity contribution < 1.29 is 14.5 Å². The molecule has 0 N–H and O–H groups in total. The van der Waals surface area contributed by atoms with Crippen LogP contribution in [-0.2, 0) is 9.53 Å². The van der Waals surface area contributed by atoms with Crippen molar-refractivity contribution in [3.63, 3.8) is 0 Å². The summed E-state index contributed by atoms with van der Waals surface area (Å²) in [5, 5.41) is 10.7. The van der Waals surface area contributed by atoms with E-state index in [1.54, 1.807) is 19.1 Å². The number of hydrogen-bond acceptors (Lipinski definition) is 5. The summed E-state index contributed by atoms with van der Waals surface area (Å²) in [5.74, 6) is -0.256. The van der Waals surface area contributed by atoms with E-state index in [0.29, 0.717) is 12.0 Å². The minimum atomic E-state index is -0.401. The Kier molecular flexibility index (Phi) is 5.15. The highest BCUT2D eigenvalue weighted by Gasteiger charge is 2.14. The molecule has 0 saturated carbocycles. The second-order valence-electron chi connectivity index (χ2n) is 3.91. The minimum absolute atomic E-state index is 0.0679. The predicted molar refractivity (Wildman–Crippen MR) is 69.8 cm³/mol. The van der Waals surface area contributed by atoms with Crippen molar-refractivity contribution in [1.29, 1.82) is 0 Å². The van der Waals surface area contributed by atoms with Crippen LogP contribution >= 0.6 is 11.8 Å². The summed E-state index contributed by atoms with van der Waals surface area (Å²) in [6.45, 7) is 3.62. The van der Waals surface area contributed by atoms with Gasteiger partial charge in [-0.05, 0) is 19.1 Å². The predicted octanol–water partition coefficient (Wildman–Crippen LogP) is 2.95. The Morgan fingerprint density at radius 3 is 2.72 bits per heavy atom. The first-order chi connectivity index (χ1) is 8.43. The molecule has 0 fully saturated rings. The number of carbonyl (C=O) groups excluding carboxylic acids is 1. The van der Waals surface area contributed by atoms with Crippen LogP contribution < -0.4 is 0 Å². The Labute approximate surface area is 110 Å². The highest BCUT2D eigenvalue weighted by atomic mass is 32.2. The SMILES string of the molecule is COC(=O)CC(C)Sc1ccc([N+](=O)[O-])c(C)c1. The summed E-state index contributed by atoms with van der Waals surface area (Å²) in [6, 6.07) is 4.95. The third-order valence-electron chi connectivity index (χ3n) is 2.38. The monoisotopic (exact) mass is 269 g/mol. The van der Waals surface area contributed by atoms with Crippen molar-refractivity contribution in [2.75, 3.05) is 7.11 Å². The summed E-state index contributed by atoms with van der Waals surface area (Å²) in [7, 11) is 1.36. The number of hydrogen-bond donors (Lipinski definition) is 0.